The van der Waals surface area contributed by atoms with E-state index in [4.69, 9.17) is 21.6 Å². The first-order valence-electron chi connectivity index (χ1n) is 7.15. The van der Waals surface area contributed by atoms with E-state index in [0.717, 1.165) is 4.88 Å². The van der Waals surface area contributed by atoms with Crippen LogP contribution in [0.3, 0.4) is 0 Å². The zero-order valence-electron chi connectivity index (χ0n) is 13.1. The lowest BCUT2D eigenvalue weighted by Crippen LogP contribution is -2.30. The molecule has 0 atom stereocenters. The smallest absolute Gasteiger partial charge is 0.283 e. The fourth-order valence-corrected chi connectivity index (χ4v) is 3.80. The molecule has 5 nitrogen and oxygen atoms in total. The molecule has 0 radical (unpaired) electrons. The summed E-state index contributed by atoms with van der Waals surface area (Å²) in [6.45, 7) is 0. The molecular formula is C17H12ClN3O2S2. The number of anilines is 1. The minimum absolute atomic E-state index is 0.193. The predicted octanol–water partition coefficient (Wildman–Crippen LogP) is 4.41. The van der Waals surface area contributed by atoms with Crippen molar-refractivity contribution < 1.29 is 9.53 Å². The molecule has 0 bridgehead atoms. The van der Waals surface area contributed by atoms with Gasteiger partial charge in [0.1, 0.15) is 11.4 Å². The number of amidine groups is 1. The van der Waals surface area contributed by atoms with E-state index in [9.17, 15) is 4.79 Å². The summed E-state index contributed by atoms with van der Waals surface area (Å²) in [5, 5.41) is 11.6. The zero-order valence-corrected chi connectivity index (χ0v) is 15.5. The van der Waals surface area contributed by atoms with Crippen LogP contribution in [-0.4, -0.2) is 23.9 Å². The van der Waals surface area contributed by atoms with Crippen LogP contribution in [0.1, 0.15) is 4.88 Å². The molecule has 1 amide bonds. The molecule has 0 spiro atoms. The Balaban J connectivity index is 1.99. The molecule has 2 aromatic rings. The van der Waals surface area contributed by atoms with Crippen molar-refractivity contribution in [1.82, 2.24) is 0 Å². The molecule has 1 aliphatic rings. The van der Waals surface area contributed by atoms with Crippen LogP contribution in [0.2, 0.25) is 5.02 Å². The molecule has 2 heterocycles. The van der Waals surface area contributed by atoms with Gasteiger partial charge in [0.2, 0.25) is 0 Å². The minimum atomic E-state index is -0.255. The number of carbonyl (C=O) groups is 1. The van der Waals surface area contributed by atoms with Gasteiger partial charge in [-0.25, -0.2) is 4.99 Å². The monoisotopic (exact) mass is 389 g/mol. The van der Waals surface area contributed by atoms with Crippen molar-refractivity contribution in [1.29, 1.82) is 5.26 Å². The lowest BCUT2D eigenvalue weighted by atomic mass is 10.2. The Morgan fingerprint density at radius 2 is 2.32 bits per heavy atom. The van der Waals surface area contributed by atoms with E-state index >= 15 is 0 Å². The van der Waals surface area contributed by atoms with Crippen LogP contribution < -0.4 is 9.64 Å². The highest BCUT2D eigenvalue weighted by molar-refractivity contribution is 8.14. The Morgan fingerprint density at radius 3 is 2.96 bits per heavy atom. The maximum atomic E-state index is 12.8. The molecule has 25 heavy (non-hydrogen) atoms. The number of ether oxygens (including phenoxy) is 1. The molecule has 1 aliphatic heterocycles. The second-order valence-electron chi connectivity index (χ2n) is 4.85. The number of thioether (sulfide) groups is 1. The van der Waals surface area contributed by atoms with Crippen molar-refractivity contribution in [2.75, 3.05) is 17.8 Å². The first-order chi connectivity index (χ1) is 12.1. The summed E-state index contributed by atoms with van der Waals surface area (Å²) >= 11 is 8.91. The molecule has 8 heteroatoms. The van der Waals surface area contributed by atoms with Gasteiger partial charge in [-0.3, -0.25) is 9.69 Å². The van der Waals surface area contributed by atoms with Crippen LogP contribution in [0.25, 0.3) is 6.08 Å². The van der Waals surface area contributed by atoms with Gasteiger partial charge in [-0.1, -0.05) is 29.4 Å². The first-order valence-corrected chi connectivity index (χ1v) is 9.40. The number of hydrogen-bond acceptors (Lipinski definition) is 6. The zero-order chi connectivity index (χ0) is 17.8. The maximum absolute atomic E-state index is 12.8. The highest BCUT2D eigenvalue weighted by Crippen LogP contribution is 2.34. The number of hydrogen-bond donors (Lipinski definition) is 0. The normalized spacial score (nSPS) is 15.4. The van der Waals surface area contributed by atoms with Crippen molar-refractivity contribution in [3.63, 3.8) is 0 Å². The van der Waals surface area contributed by atoms with Crippen LogP contribution >= 0.6 is 34.7 Å². The van der Waals surface area contributed by atoms with Gasteiger partial charge in [-0.15, -0.1) is 11.3 Å². The SMILES string of the molecule is COc1ccc(N2C(=O)/C(=C\c3cccs3)N=C2SCC#N)cc1Cl. The van der Waals surface area contributed by atoms with E-state index in [1.807, 2.05) is 17.5 Å². The van der Waals surface area contributed by atoms with Crippen LogP contribution in [0.15, 0.2) is 46.4 Å². The van der Waals surface area contributed by atoms with E-state index in [2.05, 4.69) is 11.1 Å². The molecule has 1 aromatic heterocycles. The van der Waals surface area contributed by atoms with Crippen LogP contribution in [0.5, 0.6) is 5.75 Å². The molecule has 0 saturated heterocycles. The number of benzene rings is 1. The van der Waals surface area contributed by atoms with Gasteiger partial charge >= 0.3 is 0 Å². The van der Waals surface area contributed by atoms with Gasteiger partial charge < -0.3 is 4.74 Å². The number of thiophene rings is 1. The molecule has 3 rings (SSSR count). The van der Waals surface area contributed by atoms with Crippen molar-refractivity contribution >= 4 is 57.5 Å². The van der Waals surface area contributed by atoms with Gasteiger partial charge in [0, 0.05) is 4.88 Å². The van der Waals surface area contributed by atoms with E-state index < -0.39 is 0 Å². The summed E-state index contributed by atoms with van der Waals surface area (Å²) < 4.78 is 5.15. The Hall–Kier alpha value is -2.27. The van der Waals surface area contributed by atoms with Crippen molar-refractivity contribution in [3.05, 3.63) is 51.3 Å². The number of nitrogens with zero attached hydrogens (tertiary/aromatic N) is 3. The summed E-state index contributed by atoms with van der Waals surface area (Å²) in [4.78, 5) is 19.7. The minimum Gasteiger partial charge on any atom is -0.495 e. The van der Waals surface area contributed by atoms with Gasteiger partial charge in [0.15, 0.2) is 5.17 Å². The molecule has 0 N–H and O–H groups in total. The molecule has 126 valence electrons. The number of rotatable bonds is 4. The Labute approximate surface area is 158 Å². The van der Waals surface area contributed by atoms with Crippen LogP contribution in [0, 0.1) is 11.3 Å². The average Bonchev–Trinajstić information content (AvgIpc) is 3.22. The fraction of sp³-hybridized carbons (Fsp3) is 0.118. The molecule has 0 aliphatic carbocycles. The average molecular weight is 390 g/mol. The number of halogens is 1. The first kappa shape index (κ1) is 17.5. The van der Waals surface area contributed by atoms with Crippen molar-refractivity contribution in [2.24, 2.45) is 4.99 Å². The number of aliphatic imine (C=N–C) groups is 1. The van der Waals surface area contributed by atoms with E-state index in [-0.39, 0.29) is 11.7 Å². The summed E-state index contributed by atoms with van der Waals surface area (Å²) in [6.07, 6.45) is 1.74. The molecule has 0 saturated carbocycles. The third kappa shape index (κ3) is 3.71. The second kappa shape index (κ2) is 7.74. The van der Waals surface area contributed by atoms with Crippen molar-refractivity contribution in [3.8, 4) is 11.8 Å². The van der Waals surface area contributed by atoms with Crippen molar-refractivity contribution in [2.45, 2.75) is 0 Å². The maximum Gasteiger partial charge on any atom is 0.283 e. The van der Waals surface area contributed by atoms with Gasteiger partial charge in [-0.2, -0.15) is 5.26 Å². The Morgan fingerprint density at radius 1 is 1.48 bits per heavy atom. The molecule has 0 unspecified atom stereocenters. The van der Waals surface area contributed by atoms with Gasteiger partial charge in [0.25, 0.3) is 5.91 Å². The van der Waals surface area contributed by atoms with E-state index in [0.29, 0.717) is 27.3 Å². The van der Waals surface area contributed by atoms with Gasteiger partial charge in [-0.05, 0) is 35.7 Å². The largest absolute Gasteiger partial charge is 0.495 e. The van der Waals surface area contributed by atoms with E-state index in [1.54, 1.807) is 24.3 Å². The summed E-state index contributed by atoms with van der Waals surface area (Å²) in [5.74, 6) is 0.461. The molecule has 1 aromatic carbocycles. The Kier molecular flexibility index (Phi) is 5.43. The fourth-order valence-electron chi connectivity index (χ4n) is 2.22. The van der Waals surface area contributed by atoms with Crippen LogP contribution in [-0.2, 0) is 4.79 Å². The Bertz CT molecular complexity index is 901. The summed E-state index contributed by atoms with van der Waals surface area (Å²) in [5.41, 5.74) is 0.907. The molecular weight excluding hydrogens is 378 g/mol. The number of nitriles is 1. The quantitative estimate of drug-likeness (QED) is 0.726. The lowest BCUT2D eigenvalue weighted by molar-refractivity contribution is -0.113. The highest BCUT2D eigenvalue weighted by Gasteiger charge is 2.32. The number of amides is 1. The second-order valence-corrected chi connectivity index (χ2v) is 7.17. The van der Waals surface area contributed by atoms with Crippen LogP contribution in [0.4, 0.5) is 5.69 Å². The lowest BCUT2D eigenvalue weighted by Gasteiger charge is -2.18. The third-order valence-corrected chi connectivity index (χ3v) is 5.23. The van der Waals surface area contributed by atoms with E-state index in [1.165, 1.54) is 35.1 Å². The number of carbonyl (C=O) groups excluding carboxylic acids is 1. The van der Waals surface area contributed by atoms with Gasteiger partial charge in [0.05, 0.1) is 29.6 Å². The summed E-state index contributed by atoms with van der Waals surface area (Å²) in [7, 11) is 1.53. The highest BCUT2D eigenvalue weighted by atomic mass is 35.5. The summed E-state index contributed by atoms with van der Waals surface area (Å²) in [6, 6.07) is 10.9. The standard InChI is InChI=1S/C17H12ClN3O2S2/c1-23-15-5-4-11(9-13(15)18)21-16(22)14(10-12-3-2-7-24-12)20-17(21)25-8-6-19/h2-5,7,9-10H,8H2,1H3/b14-10+. The number of methoxy groups -OCH3 is 1. The predicted molar refractivity (Wildman–Crippen MR) is 103 cm³/mol. The third-order valence-electron chi connectivity index (χ3n) is 3.31. The molecule has 0 fully saturated rings. The topological polar surface area (TPSA) is 65.7 Å².